The van der Waals surface area contributed by atoms with E-state index in [4.69, 9.17) is 11.0 Å². The molecule has 0 atom stereocenters. The van der Waals surface area contributed by atoms with Crippen molar-refractivity contribution in [3.63, 3.8) is 0 Å². The molecule has 0 heterocycles. The highest BCUT2D eigenvalue weighted by molar-refractivity contribution is 5.69. The van der Waals surface area contributed by atoms with Crippen molar-refractivity contribution in [2.24, 2.45) is 11.5 Å². The highest BCUT2D eigenvalue weighted by atomic mass is 16.5. The van der Waals surface area contributed by atoms with Crippen LogP contribution in [0.25, 0.3) is 0 Å². The molecule has 0 saturated heterocycles. The van der Waals surface area contributed by atoms with Gasteiger partial charge in [-0.3, -0.25) is 4.79 Å². The maximum absolute atomic E-state index is 10.1. The van der Waals surface area contributed by atoms with Gasteiger partial charge in [0.25, 0.3) is 0 Å². The average Bonchev–Trinajstić information content (AvgIpc) is 1.90. The molecule has 0 rings (SSSR count). The highest BCUT2D eigenvalue weighted by Gasteiger charge is 1.92. The third-order valence-electron chi connectivity index (χ3n) is 0.576. The quantitative estimate of drug-likeness (QED) is 0.293. The number of rotatable bonds is 2. The summed E-state index contributed by atoms with van der Waals surface area (Å²) in [5, 5.41) is 7.10. The Bertz CT molecular complexity index is 119. The molecule has 0 radical (unpaired) electrons. The number of carbonyl (C=O) groups is 1. The van der Waals surface area contributed by atoms with Crippen LogP contribution in [0, 0.1) is 11.5 Å². The number of hydrogen-bond donors (Lipinski definition) is 2. The Labute approximate surface area is 59.6 Å². The number of nitrogens with zero attached hydrogens (tertiary/aromatic N) is 1. The van der Waals surface area contributed by atoms with Crippen LogP contribution in [0.2, 0.25) is 0 Å². The molecular weight excluding hydrogens is 134 g/mol. The zero-order valence-corrected chi connectivity index (χ0v) is 5.83. The van der Waals surface area contributed by atoms with Crippen LogP contribution in [0.3, 0.4) is 0 Å². The molecule has 0 aliphatic heterocycles. The molecular formula is C5H11N3O2. The summed E-state index contributed by atoms with van der Waals surface area (Å²) in [7, 11) is 1.35. The second-order valence-electron chi connectivity index (χ2n) is 1.24. The Morgan fingerprint density at radius 1 is 1.80 bits per heavy atom. The normalized spacial score (nSPS) is 6.50. The monoisotopic (exact) mass is 145 g/mol. The second-order valence-corrected chi connectivity index (χ2v) is 1.24. The first-order valence-electron chi connectivity index (χ1n) is 2.59. The van der Waals surface area contributed by atoms with Gasteiger partial charge in [0.15, 0.2) is 6.19 Å². The van der Waals surface area contributed by atoms with Crippen LogP contribution in [0.15, 0.2) is 0 Å². The number of ether oxygens (including phenoxy) is 1. The van der Waals surface area contributed by atoms with Gasteiger partial charge in [-0.05, 0) is 0 Å². The molecule has 0 bridgehead atoms. The van der Waals surface area contributed by atoms with Crippen molar-refractivity contribution >= 4 is 5.97 Å². The summed E-state index contributed by atoms with van der Waals surface area (Å²) >= 11 is 0. The summed E-state index contributed by atoms with van der Waals surface area (Å²) in [4.78, 5) is 10.1. The predicted octanol–water partition coefficient (Wildman–Crippen LogP) is -1.07. The predicted molar refractivity (Wildman–Crippen MR) is 35.5 cm³/mol. The van der Waals surface area contributed by atoms with Crippen LogP contribution in [0.1, 0.15) is 6.42 Å². The van der Waals surface area contributed by atoms with Gasteiger partial charge in [0.2, 0.25) is 0 Å². The van der Waals surface area contributed by atoms with Gasteiger partial charge < -0.3 is 16.2 Å². The van der Waals surface area contributed by atoms with E-state index in [1.54, 1.807) is 0 Å². The summed E-state index contributed by atoms with van der Waals surface area (Å²) < 4.78 is 4.27. The zero-order valence-electron chi connectivity index (χ0n) is 5.83. The van der Waals surface area contributed by atoms with Crippen molar-refractivity contribution in [2.75, 3.05) is 13.7 Å². The van der Waals surface area contributed by atoms with E-state index in [1.807, 2.05) is 0 Å². The van der Waals surface area contributed by atoms with Crippen LogP contribution < -0.4 is 11.5 Å². The van der Waals surface area contributed by atoms with Gasteiger partial charge in [0.05, 0.1) is 13.5 Å². The van der Waals surface area contributed by atoms with Crippen molar-refractivity contribution in [1.82, 2.24) is 0 Å². The average molecular weight is 145 g/mol. The lowest BCUT2D eigenvalue weighted by Gasteiger charge is -1.91. The van der Waals surface area contributed by atoms with Crippen LogP contribution >= 0.6 is 0 Å². The van der Waals surface area contributed by atoms with E-state index in [-0.39, 0.29) is 5.97 Å². The molecule has 0 saturated carbocycles. The molecule has 0 aliphatic carbocycles. The molecule has 10 heavy (non-hydrogen) atoms. The van der Waals surface area contributed by atoms with E-state index >= 15 is 0 Å². The standard InChI is InChI=1S/C4H9NO2.CH2N2/c1-7-4(6)2-3-5;2-1-3/h2-3,5H2,1H3;2H2. The van der Waals surface area contributed by atoms with Crippen molar-refractivity contribution in [3.8, 4) is 6.19 Å². The van der Waals surface area contributed by atoms with E-state index < -0.39 is 0 Å². The summed E-state index contributed by atoms with van der Waals surface area (Å²) in [6, 6.07) is 0. The Hall–Kier alpha value is -1.28. The molecule has 0 aromatic rings. The lowest BCUT2D eigenvalue weighted by molar-refractivity contribution is -0.140. The minimum atomic E-state index is -0.248. The topological polar surface area (TPSA) is 102 Å². The SMILES string of the molecule is COC(=O)CCN.N#CN. The Balaban J connectivity index is 0. The molecule has 5 nitrogen and oxygen atoms in total. The van der Waals surface area contributed by atoms with Gasteiger partial charge >= 0.3 is 5.97 Å². The molecule has 0 aromatic heterocycles. The number of carbonyl (C=O) groups excluding carboxylic acids is 1. The lowest BCUT2D eigenvalue weighted by atomic mass is 10.4. The molecule has 5 heteroatoms. The van der Waals surface area contributed by atoms with Crippen molar-refractivity contribution < 1.29 is 9.53 Å². The van der Waals surface area contributed by atoms with Gasteiger partial charge in [0.1, 0.15) is 0 Å². The summed E-state index contributed by atoms with van der Waals surface area (Å²) in [6.07, 6.45) is 1.57. The van der Waals surface area contributed by atoms with Gasteiger partial charge in [-0.2, -0.15) is 5.26 Å². The number of methoxy groups -OCH3 is 1. The van der Waals surface area contributed by atoms with Crippen molar-refractivity contribution in [1.29, 1.82) is 5.26 Å². The smallest absolute Gasteiger partial charge is 0.306 e. The molecule has 58 valence electrons. The Morgan fingerprint density at radius 2 is 2.20 bits per heavy atom. The molecule has 0 unspecified atom stereocenters. The molecule has 0 aromatic carbocycles. The van der Waals surface area contributed by atoms with Gasteiger partial charge in [-0.15, -0.1) is 0 Å². The maximum atomic E-state index is 10.1. The molecule has 0 spiro atoms. The van der Waals surface area contributed by atoms with Crippen molar-refractivity contribution in [3.05, 3.63) is 0 Å². The van der Waals surface area contributed by atoms with Crippen LogP contribution in [-0.2, 0) is 9.53 Å². The maximum Gasteiger partial charge on any atom is 0.306 e. The van der Waals surface area contributed by atoms with E-state index in [0.29, 0.717) is 13.0 Å². The second kappa shape index (κ2) is 10.7. The molecule has 4 N–H and O–H groups in total. The molecule has 0 fully saturated rings. The van der Waals surface area contributed by atoms with E-state index in [0.717, 1.165) is 0 Å². The van der Waals surface area contributed by atoms with Gasteiger partial charge in [0, 0.05) is 6.54 Å². The third-order valence-corrected chi connectivity index (χ3v) is 0.576. The van der Waals surface area contributed by atoms with Crippen LogP contribution in [0.4, 0.5) is 0 Å². The summed E-state index contributed by atoms with van der Waals surface area (Å²) in [5.74, 6) is -0.248. The van der Waals surface area contributed by atoms with Gasteiger partial charge in [-0.25, -0.2) is 0 Å². The summed E-state index contributed by atoms with van der Waals surface area (Å²) in [5.41, 5.74) is 9.16. The van der Waals surface area contributed by atoms with Crippen molar-refractivity contribution in [2.45, 2.75) is 6.42 Å². The minimum Gasteiger partial charge on any atom is -0.469 e. The number of esters is 1. The first-order chi connectivity index (χ1) is 4.72. The van der Waals surface area contributed by atoms with Crippen LogP contribution in [0.5, 0.6) is 0 Å². The fourth-order valence-corrected chi connectivity index (χ4v) is 0.220. The van der Waals surface area contributed by atoms with Crippen LogP contribution in [-0.4, -0.2) is 19.6 Å². The van der Waals surface area contributed by atoms with Gasteiger partial charge in [-0.1, -0.05) is 0 Å². The van der Waals surface area contributed by atoms with E-state index in [9.17, 15) is 4.79 Å². The lowest BCUT2D eigenvalue weighted by Crippen LogP contribution is -2.08. The highest BCUT2D eigenvalue weighted by Crippen LogP contribution is 1.76. The zero-order chi connectivity index (χ0) is 8.41. The molecule has 0 aliphatic rings. The number of hydrogen-bond acceptors (Lipinski definition) is 5. The molecule has 0 amide bonds. The Kier molecular flexibility index (Phi) is 12.3. The number of nitriles is 1. The van der Waals surface area contributed by atoms with E-state index in [1.165, 1.54) is 13.3 Å². The largest absolute Gasteiger partial charge is 0.469 e. The number of nitrogens with two attached hydrogens (primary N) is 2. The Morgan fingerprint density at radius 3 is 2.30 bits per heavy atom. The fourth-order valence-electron chi connectivity index (χ4n) is 0.220. The van der Waals surface area contributed by atoms with E-state index in [2.05, 4.69) is 10.5 Å². The first kappa shape index (κ1) is 11.5. The first-order valence-corrected chi connectivity index (χ1v) is 2.59. The summed E-state index contributed by atoms with van der Waals surface area (Å²) in [6.45, 7) is 0.368. The third kappa shape index (κ3) is 15.9. The minimum absolute atomic E-state index is 0.248. The fraction of sp³-hybridized carbons (Fsp3) is 0.600.